The van der Waals surface area contributed by atoms with Gasteiger partial charge in [0.25, 0.3) is 11.8 Å². The Bertz CT molecular complexity index is 1530. The van der Waals surface area contributed by atoms with Gasteiger partial charge in [-0.05, 0) is 54.3 Å². The van der Waals surface area contributed by atoms with Crippen molar-refractivity contribution in [2.75, 3.05) is 12.4 Å². The molecule has 1 aliphatic heterocycles. The first-order valence-electron chi connectivity index (χ1n) is 11.8. The molecule has 2 heterocycles. The maximum atomic E-state index is 15.7. The number of aromatic nitrogens is 2. The number of carbonyl (C=O) groups excluding carboxylic acids is 2. The van der Waals surface area contributed by atoms with Gasteiger partial charge in [-0.3, -0.25) is 9.59 Å². The van der Waals surface area contributed by atoms with Gasteiger partial charge in [-0.15, -0.1) is 0 Å². The van der Waals surface area contributed by atoms with Crippen molar-refractivity contribution in [1.82, 2.24) is 15.1 Å². The highest BCUT2D eigenvalue weighted by Crippen LogP contribution is 2.36. The molecule has 188 valence electrons. The molecule has 0 fully saturated rings. The van der Waals surface area contributed by atoms with Crippen LogP contribution >= 0.6 is 0 Å². The average Bonchev–Trinajstić information content (AvgIpc) is 3.16. The first-order chi connectivity index (χ1) is 17.9. The predicted molar refractivity (Wildman–Crippen MR) is 138 cm³/mol. The van der Waals surface area contributed by atoms with Crippen molar-refractivity contribution in [3.63, 3.8) is 0 Å². The second kappa shape index (κ2) is 9.77. The van der Waals surface area contributed by atoms with Gasteiger partial charge in [0.15, 0.2) is 0 Å². The van der Waals surface area contributed by atoms with Crippen LogP contribution in [-0.2, 0) is 19.5 Å². The summed E-state index contributed by atoms with van der Waals surface area (Å²) in [7, 11) is 1.49. The number of amides is 2. The summed E-state index contributed by atoms with van der Waals surface area (Å²) in [5.41, 5.74) is 9.51. The second-order valence-electron chi connectivity index (χ2n) is 8.79. The minimum atomic E-state index is -0.701. The van der Waals surface area contributed by atoms with Crippen molar-refractivity contribution >= 4 is 23.3 Å². The van der Waals surface area contributed by atoms with Gasteiger partial charge in [0.05, 0.1) is 12.7 Å². The average molecular weight is 500 g/mol. The molecule has 0 bridgehead atoms. The van der Waals surface area contributed by atoms with E-state index in [1.54, 1.807) is 48.0 Å². The Morgan fingerprint density at radius 3 is 2.68 bits per heavy atom. The number of methoxy groups -OCH3 is 1. The third kappa shape index (κ3) is 4.40. The molecule has 8 nitrogen and oxygen atoms in total. The van der Waals surface area contributed by atoms with E-state index in [9.17, 15) is 9.59 Å². The van der Waals surface area contributed by atoms with E-state index in [0.717, 1.165) is 11.3 Å². The van der Waals surface area contributed by atoms with Gasteiger partial charge in [-0.1, -0.05) is 36.4 Å². The summed E-state index contributed by atoms with van der Waals surface area (Å²) >= 11 is 0. The van der Waals surface area contributed by atoms with E-state index in [0.29, 0.717) is 41.2 Å². The van der Waals surface area contributed by atoms with Crippen molar-refractivity contribution in [3.05, 3.63) is 94.3 Å². The number of aryl methyl sites for hydroxylation is 2. The third-order valence-electron chi connectivity index (χ3n) is 6.61. The topological polar surface area (TPSA) is 111 Å². The van der Waals surface area contributed by atoms with E-state index in [2.05, 4.69) is 15.7 Å². The van der Waals surface area contributed by atoms with Crippen LogP contribution in [0.2, 0.25) is 0 Å². The molecule has 0 saturated carbocycles. The summed E-state index contributed by atoms with van der Waals surface area (Å²) in [6.07, 6.45) is 0.696. The monoisotopic (exact) mass is 499 g/mol. The Labute approximate surface area is 213 Å². The smallest absolute Gasteiger partial charge is 0.255 e. The molecule has 9 heteroatoms. The summed E-state index contributed by atoms with van der Waals surface area (Å²) in [5, 5.41) is 10.7. The molecule has 4 aromatic rings. The molecule has 1 aliphatic rings. The molecule has 37 heavy (non-hydrogen) atoms. The molecule has 0 radical (unpaired) electrons. The van der Waals surface area contributed by atoms with Gasteiger partial charge in [-0.2, -0.15) is 5.10 Å². The first kappa shape index (κ1) is 24.1. The van der Waals surface area contributed by atoms with Crippen molar-refractivity contribution in [3.8, 4) is 17.0 Å². The molecule has 4 N–H and O–H groups in total. The standard InChI is InChI=1S/C28H26FN5O3/c1-16-18(15-31-28(36)19-8-4-6-10-22(19)37-2)11-12-20(24(16)29)25-23(26(30)35)27-32-21-9-5-3-7-17(21)13-14-34(27)33-25/h3-12,32H,13-15H2,1-2H3,(H2,30,35)(H,31,36). The van der Waals surface area contributed by atoms with Crippen LogP contribution in [0.1, 0.15) is 37.4 Å². The fourth-order valence-corrected chi connectivity index (χ4v) is 4.59. The molecule has 3 aromatic carbocycles. The predicted octanol–water partition coefficient (Wildman–Crippen LogP) is 4.33. The molecule has 0 unspecified atom stereocenters. The number of ether oxygens (including phenoxy) is 1. The number of nitrogens with one attached hydrogen (secondary N) is 2. The number of hydrogen-bond acceptors (Lipinski definition) is 5. The van der Waals surface area contributed by atoms with Crippen molar-refractivity contribution in [2.24, 2.45) is 5.73 Å². The summed E-state index contributed by atoms with van der Waals surface area (Å²) < 4.78 is 22.6. The van der Waals surface area contributed by atoms with Gasteiger partial charge in [0.2, 0.25) is 0 Å². The number of carbonyl (C=O) groups is 2. The molecule has 0 atom stereocenters. The molecule has 1 aromatic heterocycles. The highest BCUT2D eigenvalue weighted by atomic mass is 19.1. The lowest BCUT2D eigenvalue weighted by atomic mass is 9.99. The number of anilines is 2. The zero-order chi connectivity index (χ0) is 26.1. The Balaban J connectivity index is 1.46. The Hall–Kier alpha value is -4.66. The van der Waals surface area contributed by atoms with Crippen LogP contribution in [0.5, 0.6) is 5.75 Å². The quantitative estimate of drug-likeness (QED) is 0.366. The van der Waals surface area contributed by atoms with E-state index in [-0.39, 0.29) is 29.3 Å². The van der Waals surface area contributed by atoms with E-state index in [1.165, 1.54) is 7.11 Å². The summed E-state index contributed by atoms with van der Waals surface area (Å²) in [5.74, 6) is -0.666. The van der Waals surface area contributed by atoms with Crippen molar-refractivity contribution < 1.29 is 18.7 Å². The second-order valence-corrected chi connectivity index (χ2v) is 8.79. The number of nitrogens with zero attached hydrogens (tertiary/aromatic N) is 2. The molecule has 2 amide bonds. The highest BCUT2D eigenvalue weighted by Gasteiger charge is 2.28. The molecular formula is C28H26FN5O3. The number of para-hydroxylation sites is 2. The normalized spacial score (nSPS) is 12.1. The highest BCUT2D eigenvalue weighted by molar-refractivity contribution is 6.04. The molecule has 0 saturated heterocycles. The molecular weight excluding hydrogens is 473 g/mol. The zero-order valence-electron chi connectivity index (χ0n) is 20.5. The fourth-order valence-electron chi connectivity index (χ4n) is 4.59. The number of benzene rings is 3. The lowest BCUT2D eigenvalue weighted by molar-refractivity contribution is 0.0946. The van der Waals surface area contributed by atoms with E-state index in [1.807, 2.05) is 24.3 Å². The third-order valence-corrected chi connectivity index (χ3v) is 6.61. The minimum absolute atomic E-state index is 0.112. The summed E-state index contributed by atoms with van der Waals surface area (Å²) in [4.78, 5) is 25.2. The number of primary amides is 1. The van der Waals surface area contributed by atoms with Crippen molar-refractivity contribution in [1.29, 1.82) is 0 Å². The lowest BCUT2D eigenvalue weighted by Crippen LogP contribution is -2.24. The molecule has 0 spiro atoms. The maximum Gasteiger partial charge on any atom is 0.255 e. The molecule has 5 rings (SSSR count). The van der Waals surface area contributed by atoms with Crippen LogP contribution in [-0.4, -0.2) is 28.7 Å². The van der Waals surface area contributed by atoms with Crippen LogP contribution in [0.3, 0.4) is 0 Å². The SMILES string of the molecule is COc1ccccc1C(=O)NCc1ccc(-c2nn3c(c2C(N)=O)Nc2ccccc2CC3)c(F)c1C. The lowest BCUT2D eigenvalue weighted by Gasteiger charge is -2.13. The molecule has 0 aliphatic carbocycles. The van der Waals surface area contributed by atoms with E-state index in [4.69, 9.17) is 10.5 Å². The van der Waals surface area contributed by atoms with Gasteiger partial charge >= 0.3 is 0 Å². The number of halogens is 1. The largest absolute Gasteiger partial charge is 0.496 e. The van der Waals surface area contributed by atoms with E-state index < -0.39 is 11.7 Å². The van der Waals surface area contributed by atoms with Crippen LogP contribution in [0.4, 0.5) is 15.9 Å². The minimum Gasteiger partial charge on any atom is -0.496 e. The number of rotatable bonds is 6. The van der Waals surface area contributed by atoms with Crippen LogP contribution in [0.25, 0.3) is 11.3 Å². The van der Waals surface area contributed by atoms with Crippen LogP contribution in [0, 0.1) is 12.7 Å². The Morgan fingerprint density at radius 1 is 1.14 bits per heavy atom. The van der Waals surface area contributed by atoms with Gasteiger partial charge < -0.3 is 21.1 Å². The summed E-state index contributed by atoms with van der Waals surface area (Å²) in [6.45, 7) is 2.25. The number of hydrogen-bond donors (Lipinski definition) is 3. The first-order valence-corrected chi connectivity index (χ1v) is 11.8. The van der Waals surface area contributed by atoms with Crippen LogP contribution < -0.4 is 21.1 Å². The fraction of sp³-hybridized carbons (Fsp3) is 0.179. The summed E-state index contributed by atoms with van der Waals surface area (Å²) in [6, 6.07) is 17.9. The van der Waals surface area contributed by atoms with E-state index >= 15 is 4.39 Å². The zero-order valence-corrected chi connectivity index (χ0v) is 20.5. The van der Waals surface area contributed by atoms with Crippen LogP contribution in [0.15, 0.2) is 60.7 Å². The van der Waals surface area contributed by atoms with Gasteiger partial charge in [-0.25, -0.2) is 9.07 Å². The van der Waals surface area contributed by atoms with Gasteiger partial charge in [0, 0.05) is 24.3 Å². The number of fused-ring (bicyclic) bond motifs is 2. The van der Waals surface area contributed by atoms with Gasteiger partial charge in [0.1, 0.15) is 28.6 Å². The van der Waals surface area contributed by atoms with Crippen molar-refractivity contribution in [2.45, 2.75) is 26.4 Å². The number of nitrogens with two attached hydrogens (primary N) is 1. The maximum absolute atomic E-state index is 15.7. The Morgan fingerprint density at radius 2 is 1.89 bits per heavy atom. The Kier molecular flexibility index (Phi) is 6.35.